The number of nitrogens with zero attached hydrogens (tertiary/aromatic N) is 1. The number of furan rings is 1. The zero-order valence-electron chi connectivity index (χ0n) is 11.7. The summed E-state index contributed by atoms with van der Waals surface area (Å²) in [4.78, 5) is 16.3. The fourth-order valence-corrected chi connectivity index (χ4v) is 2.59. The molecule has 0 atom stereocenters. The maximum Gasteiger partial charge on any atom is 0.293 e. The minimum atomic E-state index is -0.386. The summed E-state index contributed by atoms with van der Waals surface area (Å²) in [5.74, 6) is 0.711. The van der Waals surface area contributed by atoms with E-state index in [-0.39, 0.29) is 17.6 Å². The topological polar surface area (TPSA) is 90.4 Å². The van der Waals surface area contributed by atoms with Gasteiger partial charge >= 0.3 is 0 Å². The van der Waals surface area contributed by atoms with Crippen LogP contribution in [0.4, 0.5) is 11.0 Å². The van der Waals surface area contributed by atoms with Gasteiger partial charge in [-0.15, -0.1) is 11.3 Å². The van der Waals surface area contributed by atoms with Crippen molar-refractivity contribution in [2.24, 2.45) is 0 Å². The molecular formula is C15H13N3O3S. The van der Waals surface area contributed by atoms with Crippen LogP contribution in [0.15, 0.2) is 46.2 Å². The number of thiazole rings is 1. The molecule has 0 radical (unpaired) electrons. The number of hydrogen-bond donors (Lipinski definition) is 2. The van der Waals surface area contributed by atoms with Crippen LogP contribution in [0.1, 0.15) is 10.6 Å². The van der Waals surface area contributed by atoms with Gasteiger partial charge in [-0.2, -0.15) is 0 Å². The van der Waals surface area contributed by atoms with Crippen molar-refractivity contribution in [1.82, 2.24) is 4.98 Å². The molecule has 0 saturated carbocycles. The van der Waals surface area contributed by atoms with Gasteiger partial charge in [0.25, 0.3) is 5.91 Å². The Morgan fingerprint density at radius 1 is 1.36 bits per heavy atom. The van der Waals surface area contributed by atoms with Crippen molar-refractivity contribution >= 4 is 28.3 Å². The fraction of sp³-hybridized carbons (Fsp3) is 0.0667. The summed E-state index contributed by atoms with van der Waals surface area (Å²) in [6, 6.07) is 10.6. The van der Waals surface area contributed by atoms with Crippen molar-refractivity contribution in [3.05, 3.63) is 47.5 Å². The predicted molar refractivity (Wildman–Crippen MR) is 85.2 cm³/mol. The highest BCUT2D eigenvalue weighted by Gasteiger charge is 2.13. The molecule has 7 heteroatoms. The molecule has 0 spiro atoms. The number of carbonyl (C=O) groups is 1. The van der Waals surface area contributed by atoms with E-state index in [1.165, 1.54) is 23.5 Å². The second-order valence-electron chi connectivity index (χ2n) is 4.43. The van der Waals surface area contributed by atoms with Crippen LogP contribution in [0.5, 0.6) is 5.75 Å². The molecule has 6 nitrogen and oxygen atoms in total. The van der Waals surface area contributed by atoms with E-state index >= 15 is 0 Å². The van der Waals surface area contributed by atoms with Gasteiger partial charge in [-0.25, -0.2) is 4.98 Å². The molecule has 1 aromatic carbocycles. The summed E-state index contributed by atoms with van der Waals surface area (Å²) in [5, 5.41) is 5.02. The van der Waals surface area contributed by atoms with Crippen molar-refractivity contribution in [3.8, 4) is 17.0 Å². The number of rotatable bonds is 4. The van der Waals surface area contributed by atoms with Crippen LogP contribution in [0.3, 0.4) is 0 Å². The Kier molecular flexibility index (Phi) is 3.80. The SMILES string of the molecule is COc1cccc(-c2csc(NC(=O)c3ccc(N)o3)n2)c1. The first-order valence-electron chi connectivity index (χ1n) is 6.42. The Morgan fingerprint density at radius 3 is 2.95 bits per heavy atom. The maximum atomic E-state index is 12.0. The summed E-state index contributed by atoms with van der Waals surface area (Å²) >= 11 is 1.33. The average molecular weight is 315 g/mol. The Bertz CT molecular complexity index is 810. The van der Waals surface area contributed by atoms with Crippen LogP contribution in [0, 0.1) is 0 Å². The van der Waals surface area contributed by atoms with E-state index in [4.69, 9.17) is 14.9 Å². The van der Waals surface area contributed by atoms with Gasteiger partial charge in [-0.1, -0.05) is 12.1 Å². The van der Waals surface area contributed by atoms with Crippen LogP contribution in [-0.2, 0) is 0 Å². The molecule has 112 valence electrons. The lowest BCUT2D eigenvalue weighted by Crippen LogP contribution is -2.10. The van der Waals surface area contributed by atoms with Gasteiger partial charge in [0.15, 0.2) is 16.8 Å². The number of carbonyl (C=O) groups excluding carboxylic acids is 1. The normalized spacial score (nSPS) is 10.4. The molecule has 0 saturated heterocycles. The molecule has 0 aliphatic carbocycles. The van der Waals surface area contributed by atoms with Gasteiger partial charge in [0.2, 0.25) is 0 Å². The first kappa shape index (κ1) is 14.2. The van der Waals surface area contributed by atoms with Crippen molar-refractivity contribution in [2.75, 3.05) is 18.2 Å². The van der Waals surface area contributed by atoms with E-state index in [1.807, 2.05) is 29.6 Å². The first-order valence-corrected chi connectivity index (χ1v) is 7.30. The number of aromatic nitrogens is 1. The Labute approximate surface area is 130 Å². The number of nitrogens with two attached hydrogens (primary N) is 1. The summed E-state index contributed by atoms with van der Waals surface area (Å²) < 4.78 is 10.3. The van der Waals surface area contributed by atoms with Crippen LogP contribution in [0.25, 0.3) is 11.3 Å². The van der Waals surface area contributed by atoms with Crippen LogP contribution in [0.2, 0.25) is 0 Å². The maximum absolute atomic E-state index is 12.0. The fourth-order valence-electron chi connectivity index (χ4n) is 1.88. The molecule has 22 heavy (non-hydrogen) atoms. The third-order valence-corrected chi connectivity index (χ3v) is 3.70. The summed E-state index contributed by atoms with van der Waals surface area (Å²) in [6.45, 7) is 0. The number of methoxy groups -OCH3 is 1. The number of hydrogen-bond acceptors (Lipinski definition) is 6. The second-order valence-corrected chi connectivity index (χ2v) is 5.28. The van der Waals surface area contributed by atoms with Gasteiger partial charge < -0.3 is 14.9 Å². The van der Waals surface area contributed by atoms with Crippen molar-refractivity contribution in [3.63, 3.8) is 0 Å². The summed E-state index contributed by atoms with van der Waals surface area (Å²) in [7, 11) is 1.61. The van der Waals surface area contributed by atoms with Crippen molar-refractivity contribution < 1.29 is 13.9 Å². The Balaban J connectivity index is 1.77. The van der Waals surface area contributed by atoms with E-state index in [1.54, 1.807) is 7.11 Å². The summed E-state index contributed by atoms with van der Waals surface area (Å²) in [5.41, 5.74) is 7.12. The second kappa shape index (κ2) is 5.90. The highest BCUT2D eigenvalue weighted by atomic mass is 32.1. The average Bonchev–Trinajstić information content (AvgIpc) is 3.16. The van der Waals surface area contributed by atoms with E-state index in [9.17, 15) is 4.79 Å². The van der Waals surface area contributed by atoms with E-state index in [0.717, 1.165) is 17.0 Å². The highest BCUT2D eigenvalue weighted by Crippen LogP contribution is 2.27. The summed E-state index contributed by atoms with van der Waals surface area (Å²) in [6.07, 6.45) is 0. The number of amides is 1. The van der Waals surface area contributed by atoms with Crippen molar-refractivity contribution in [2.45, 2.75) is 0 Å². The molecule has 3 N–H and O–H groups in total. The molecule has 3 aromatic rings. The minimum absolute atomic E-state index is 0.149. The van der Waals surface area contributed by atoms with E-state index in [2.05, 4.69) is 10.3 Å². The number of anilines is 2. The molecule has 3 rings (SSSR count). The molecule has 2 heterocycles. The standard InChI is InChI=1S/C15H13N3O3S/c1-20-10-4-2-3-9(7-10)11-8-22-15(17-11)18-14(19)12-5-6-13(16)21-12/h2-8H,16H2,1H3,(H,17,18,19). The van der Waals surface area contributed by atoms with E-state index < -0.39 is 0 Å². The van der Waals surface area contributed by atoms with Crippen LogP contribution < -0.4 is 15.8 Å². The van der Waals surface area contributed by atoms with E-state index in [0.29, 0.717) is 5.13 Å². The molecular weight excluding hydrogens is 302 g/mol. The zero-order valence-corrected chi connectivity index (χ0v) is 12.5. The molecule has 1 amide bonds. The molecule has 0 unspecified atom stereocenters. The smallest absolute Gasteiger partial charge is 0.293 e. The Hall–Kier alpha value is -2.80. The van der Waals surface area contributed by atoms with Gasteiger partial charge in [-0.3, -0.25) is 10.1 Å². The zero-order chi connectivity index (χ0) is 15.5. The number of nitrogen functional groups attached to an aromatic ring is 1. The number of benzene rings is 1. The van der Waals surface area contributed by atoms with Gasteiger partial charge in [0.05, 0.1) is 12.8 Å². The lowest BCUT2D eigenvalue weighted by Gasteiger charge is -2.01. The molecule has 0 aliphatic rings. The number of nitrogens with one attached hydrogen (secondary N) is 1. The van der Waals surface area contributed by atoms with Gasteiger partial charge in [0.1, 0.15) is 5.75 Å². The van der Waals surface area contributed by atoms with Gasteiger partial charge in [-0.05, 0) is 18.2 Å². The van der Waals surface area contributed by atoms with Crippen LogP contribution >= 0.6 is 11.3 Å². The third kappa shape index (κ3) is 2.94. The molecule has 0 aliphatic heterocycles. The van der Waals surface area contributed by atoms with Crippen molar-refractivity contribution in [1.29, 1.82) is 0 Å². The lowest BCUT2D eigenvalue weighted by atomic mass is 10.2. The monoisotopic (exact) mass is 315 g/mol. The molecule has 0 fully saturated rings. The largest absolute Gasteiger partial charge is 0.497 e. The number of ether oxygens (including phenoxy) is 1. The first-order chi connectivity index (χ1) is 10.7. The highest BCUT2D eigenvalue weighted by molar-refractivity contribution is 7.14. The molecule has 2 aromatic heterocycles. The van der Waals surface area contributed by atoms with Gasteiger partial charge in [0, 0.05) is 17.0 Å². The lowest BCUT2D eigenvalue weighted by molar-refractivity contribution is 0.0997. The molecule has 0 bridgehead atoms. The Morgan fingerprint density at radius 2 is 2.23 bits per heavy atom. The quantitative estimate of drug-likeness (QED) is 0.771. The predicted octanol–water partition coefficient (Wildman–Crippen LogP) is 3.25. The minimum Gasteiger partial charge on any atom is -0.497 e. The van der Waals surface area contributed by atoms with Crippen LogP contribution in [-0.4, -0.2) is 18.0 Å². The third-order valence-electron chi connectivity index (χ3n) is 2.94.